The lowest BCUT2D eigenvalue weighted by molar-refractivity contribution is -0.121. The van der Waals surface area contributed by atoms with Crippen LogP contribution in [0.15, 0.2) is 0 Å². The summed E-state index contributed by atoms with van der Waals surface area (Å²) >= 11 is 0. The van der Waals surface area contributed by atoms with Gasteiger partial charge in [-0.3, -0.25) is 4.79 Å². The molecule has 4 heteroatoms. The highest BCUT2D eigenvalue weighted by atomic mass is 16.5. The summed E-state index contributed by atoms with van der Waals surface area (Å²) in [6.45, 7) is 1.99. The van der Waals surface area contributed by atoms with Gasteiger partial charge in [0.05, 0.1) is 6.61 Å². The lowest BCUT2D eigenvalue weighted by Gasteiger charge is -2.06. The molecule has 0 aromatic heterocycles. The number of nitrogens with two attached hydrogens (primary N) is 1. The van der Waals surface area contributed by atoms with Gasteiger partial charge in [-0.15, -0.1) is 0 Å². The van der Waals surface area contributed by atoms with Crippen LogP contribution in [0.1, 0.15) is 13.3 Å². The fourth-order valence-electron chi connectivity index (χ4n) is 0.542. The second kappa shape index (κ2) is 6.27. The van der Waals surface area contributed by atoms with Gasteiger partial charge >= 0.3 is 0 Å². The molecule has 1 unspecified atom stereocenters. The summed E-state index contributed by atoms with van der Waals surface area (Å²) in [5.74, 6) is 0.00238. The van der Waals surface area contributed by atoms with Crippen LogP contribution in [0.3, 0.4) is 0 Å². The van der Waals surface area contributed by atoms with Crippen molar-refractivity contribution in [3.05, 3.63) is 0 Å². The number of ketones is 1. The van der Waals surface area contributed by atoms with Crippen molar-refractivity contribution >= 4 is 5.78 Å². The number of hydrogen-bond acceptors (Lipinski definition) is 4. The Morgan fingerprint density at radius 2 is 2.36 bits per heavy atom. The van der Waals surface area contributed by atoms with Crippen molar-refractivity contribution in [3.63, 3.8) is 0 Å². The van der Waals surface area contributed by atoms with Gasteiger partial charge in [0.2, 0.25) is 0 Å². The zero-order chi connectivity index (χ0) is 8.69. The fraction of sp³-hybridized carbons (Fsp3) is 0.857. The standard InChI is InChI=1S/C7H15NO3/c1-6(10)5-11-3-2-7(8)4-9/h7,9H,2-5,8H2,1H3. The van der Waals surface area contributed by atoms with Crippen molar-refractivity contribution in [1.29, 1.82) is 0 Å². The number of aliphatic hydroxyl groups excluding tert-OH is 1. The van der Waals surface area contributed by atoms with Crippen LogP contribution in [0.2, 0.25) is 0 Å². The second-order valence-electron chi connectivity index (χ2n) is 2.49. The zero-order valence-electron chi connectivity index (χ0n) is 6.75. The number of carbonyl (C=O) groups is 1. The van der Waals surface area contributed by atoms with E-state index in [-0.39, 0.29) is 25.0 Å². The lowest BCUT2D eigenvalue weighted by Crippen LogP contribution is -2.26. The molecule has 0 aliphatic carbocycles. The molecule has 0 heterocycles. The molecular formula is C7H15NO3. The Balaban J connectivity index is 3.08. The highest BCUT2D eigenvalue weighted by Crippen LogP contribution is 1.87. The number of rotatable bonds is 6. The van der Waals surface area contributed by atoms with E-state index < -0.39 is 0 Å². The maximum atomic E-state index is 10.4. The van der Waals surface area contributed by atoms with Gasteiger partial charge < -0.3 is 15.6 Å². The van der Waals surface area contributed by atoms with Crippen LogP contribution >= 0.6 is 0 Å². The van der Waals surface area contributed by atoms with Gasteiger partial charge in [0.25, 0.3) is 0 Å². The molecule has 0 aliphatic rings. The van der Waals surface area contributed by atoms with Gasteiger partial charge in [0.1, 0.15) is 6.61 Å². The Bertz CT molecular complexity index is 116. The third kappa shape index (κ3) is 7.45. The van der Waals surface area contributed by atoms with E-state index in [1.54, 1.807) is 0 Å². The third-order valence-corrected chi connectivity index (χ3v) is 1.17. The van der Waals surface area contributed by atoms with Crippen molar-refractivity contribution in [2.75, 3.05) is 19.8 Å². The molecule has 0 amide bonds. The van der Waals surface area contributed by atoms with E-state index in [1.165, 1.54) is 6.92 Å². The average Bonchev–Trinajstić information content (AvgIpc) is 1.97. The minimum atomic E-state index is -0.234. The van der Waals surface area contributed by atoms with Crippen LogP contribution in [-0.2, 0) is 9.53 Å². The molecule has 4 nitrogen and oxygen atoms in total. The Kier molecular flexibility index (Phi) is 6.02. The Hall–Kier alpha value is -0.450. The number of Topliss-reactive ketones (excluding diaryl/α,β-unsaturated/α-hetero) is 1. The van der Waals surface area contributed by atoms with E-state index in [9.17, 15) is 4.79 Å². The van der Waals surface area contributed by atoms with E-state index in [4.69, 9.17) is 15.6 Å². The molecule has 0 spiro atoms. The Morgan fingerprint density at radius 1 is 1.73 bits per heavy atom. The quantitative estimate of drug-likeness (QED) is 0.505. The summed E-state index contributed by atoms with van der Waals surface area (Å²) < 4.78 is 4.93. The highest BCUT2D eigenvalue weighted by Gasteiger charge is 1.99. The third-order valence-electron chi connectivity index (χ3n) is 1.17. The smallest absolute Gasteiger partial charge is 0.155 e. The number of carbonyl (C=O) groups excluding carboxylic acids is 1. The topological polar surface area (TPSA) is 72.5 Å². The van der Waals surface area contributed by atoms with Gasteiger partial charge in [0.15, 0.2) is 5.78 Å². The molecule has 3 N–H and O–H groups in total. The van der Waals surface area contributed by atoms with Crippen molar-refractivity contribution in [1.82, 2.24) is 0 Å². The summed E-state index contributed by atoms with van der Waals surface area (Å²) in [7, 11) is 0. The van der Waals surface area contributed by atoms with E-state index in [0.29, 0.717) is 13.0 Å². The number of aliphatic hydroxyl groups is 1. The Labute approximate surface area is 66.3 Å². The molecule has 0 aliphatic heterocycles. The maximum Gasteiger partial charge on any atom is 0.155 e. The van der Waals surface area contributed by atoms with Gasteiger partial charge in [-0.25, -0.2) is 0 Å². The van der Waals surface area contributed by atoms with E-state index in [1.807, 2.05) is 0 Å². The molecule has 0 saturated heterocycles. The van der Waals surface area contributed by atoms with E-state index in [0.717, 1.165) is 0 Å². The summed E-state index contributed by atoms with van der Waals surface area (Å²) in [5, 5.41) is 8.50. The normalized spacial score (nSPS) is 13.0. The predicted octanol–water partition coefficient (Wildman–Crippen LogP) is -0.698. The van der Waals surface area contributed by atoms with Gasteiger partial charge in [-0.1, -0.05) is 0 Å². The lowest BCUT2D eigenvalue weighted by atomic mass is 10.2. The Morgan fingerprint density at radius 3 is 2.82 bits per heavy atom. The zero-order valence-corrected chi connectivity index (χ0v) is 6.75. The van der Waals surface area contributed by atoms with E-state index in [2.05, 4.69) is 0 Å². The predicted molar refractivity (Wildman–Crippen MR) is 41.2 cm³/mol. The first-order valence-corrected chi connectivity index (χ1v) is 3.60. The average molecular weight is 161 g/mol. The molecule has 0 radical (unpaired) electrons. The molecule has 11 heavy (non-hydrogen) atoms. The maximum absolute atomic E-state index is 10.4. The SMILES string of the molecule is CC(=O)COCCC(N)CO. The van der Waals surface area contributed by atoms with Crippen molar-refractivity contribution in [2.45, 2.75) is 19.4 Å². The molecular weight excluding hydrogens is 146 g/mol. The van der Waals surface area contributed by atoms with Crippen molar-refractivity contribution < 1.29 is 14.6 Å². The minimum Gasteiger partial charge on any atom is -0.395 e. The summed E-state index contributed by atoms with van der Waals surface area (Å²) in [6, 6.07) is -0.234. The second-order valence-corrected chi connectivity index (χ2v) is 2.49. The van der Waals surface area contributed by atoms with Crippen LogP contribution in [0, 0.1) is 0 Å². The van der Waals surface area contributed by atoms with Gasteiger partial charge in [0, 0.05) is 12.6 Å². The summed E-state index contributed by atoms with van der Waals surface area (Å²) in [4.78, 5) is 10.4. The summed E-state index contributed by atoms with van der Waals surface area (Å²) in [5.41, 5.74) is 5.37. The summed E-state index contributed by atoms with van der Waals surface area (Å²) in [6.07, 6.45) is 0.587. The first kappa shape index (κ1) is 10.6. The monoisotopic (exact) mass is 161 g/mol. The highest BCUT2D eigenvalue weighted by molar-refractivity contribution is 5.76. The first-order chi connectivity index (χ1) is 5.16. The number of ether oxygens (including phenoxy) is 1. The largest absolute Gasteiger partial charge is 0.395 e. The fourth-order valence-corrected chi connectivity index (χ4v) is 0.542. The van der Waals surface area contributed by atoms with Crippen LogP contribution in [-0.4, -0.2) is 36.8 Å². The molecule has 0 aromatic carbocycles. The number of hydrogen-bond donors (Lipinski definition) is 2. The molecule has 0 rings (SSSR count). The van der Waals surface area contributed by atoms with Crippen LogP contribution in [0.5, 0.6) is 0 Å². The molecule has 0 fully saturated rings. The van der Waals surface area contributed by atoms with E-state index >= 15 is 0 Å². The van der Waals surface area contributed by atoms with Crippen LogP contribution < -0.4 is 5.73 Å². The first-order valence-electron chi connectivity index (χ1n) is 3.60. The molecule has 66 valence electrons. The molecule has 0 saturated carbocycles. The van der Waals surface area contributed by atoms with Gasteiger partial charge in [-0.2, -0.15) is 0 Å². The molecule has 1 atom stereocenters. The van der Waals surface area contributed by atoms with Gasteiger partial charge in [-0.05, 0) is 13.3 Å². The van der Waals surface area contributed by atoms with Crippen LogP contribution in [0.4, 0.5) is 0 Å². The molecule has 0 bridgehead atoms. The van der Waals surface area contributed by atoms with Crippen molar-refractivity contribution in [2.24, 2.45) is 5.73 Å². The minimum absolute atomic E-state index is 0.00238. The molecule has 0 aromatic rings. The van der Waals surface area contributed by atoms with Crippen LogP contribution in [0.25, 0.3) is 0 Å². The van der Waals surface area contributed by atoms with Crippen molar-refractivity contribution in [3.8, 4) is 0 Å².